The van der Waals surface area contributed by atoms with Crippen LogP contribution in [-0.4, -0.2) is 56.0 Å². The van der Waals surface area contributed by atoms with E-state index in [-0.39, 0.29) is 0 Å². The van der Waals surface area contributed by atoms with Gasteiger partial charge in [-0.25, -0.2) is 0 Å². The summed E-state index contributed by atoms with van der Waals surface area (Å²) >= 11 is 1.57. The van der Waals surface area contributed by atoms with Crippen molar-refractivity contribution in [2.24, 2.45) is 0 Å². The van der Waals surface area contributed by atoms with Crippen molar-refractivity contribution >= 4 is 27.2 Å². The average molecular weight is 340 g/mol. The molecule has 0 atom stereocenters. The lowest BCUT2D eigenvalue weighted by molar-refractivity contribution is 0.0328. The highest BCUT2D eigenvalue weighted by molar-refractivity contribution is 7.19. The summed E-state index contributed by atoms with van der Waals surface area (Å²) in [6, 6.07) is 8.26. The van der Waals surface area contributed by atoms with Crippen LogP contribution in [0.3, 0.4) is 0 Å². The van der Waals surface area contributed by atoms with Crippen LogP contribution in [0.4, 0.5) is 0 Å². The third kappa shape index (κ3) is 2.31. The number of fused-ring (bicyclic) bond motifs is 2. The molecule has 1 fully saturated rings. The van der Waals surface area contributed by atoms with E-state index in [2.05, 4.69) is 32.2 Å². The normalized spacial score (nSPS) is 16.3. The molecule has 3 aromatic heterocycles. The van der Waals surface area contributed by atoms with Crippen molar-refractivity contribution in [2.75, 3.05) is 26.3 Å². The second-order valence-corrected chi connectivity index (χ2v) is 6.81. The fraction of sp³-hybridized carbons (Fsp3) is 0.312. The Hall–Kier alpha value is -2.29. The molecule has 7 nitrogen and oxygen atoms in total. The van der Waals surface area contributed by atoms with Crippen LogP contribution in [0.1, 0.15) is 5.82 Å². The quantitative estimate of drug-likeness (QED) is 0.619. The van der Waals surface area contributed by atoms with Gasteiger partial charge < -0.3 is 9.72 Å². The van der Waals surface area contributed by atoms with Crippen molar-refractivity contribution in [1.82, 2.24) is 29.7 Å². The summed E-state index contributed by atoms with van der Waals surface area (Å²) in [6.07, 6.45) is 2.01. The Bertz CT molecular complexity index is 996. The molecule has 24 heavy (non-hydrogen) atoms. The Labute approximate surface area is 141 Å². The number of hydrogen-bond acceptors (Lipinski definition) is 6. The molecule has 0 saturated carbocycles. The number of benzene rings is 1. The van der Waals surface area contributed by atoms with Crippen LogP contribution in [0, 0.1) is 0 Å². The zero-order valence-corrected chi connectivity index (χ0v) is 13.8. The molecule has 1 aromatic carbocycles. The first-order chi connectivity index (χ1) is 11.9. The SMILES string of the molecule is c1ccc2c(-c3nn4c(CN5CCOCC5)nnc4s3)c[nH]c2c1. The largest absolute Gasteiger partial charge is 0.379 e. The van der Waals surface area contributed by atoms with Crippen LogP contribution in [0.25, 0.3) is 26.4 Å². The van der Waals surface area contributed by atoms with Crippen LogP contribution in [0.2, 0.25) is 0 Å². The summed E-state index contributed by atoms with van der Waals surface area (Å²) in [5.74, 6) is 0.884. The Morgan fingerprint density at radius 2 is 2.04 bits per heavy atom. The molecule has 1 aliphatic heterocycles. The number of hydrogen-bond donors (Lipinski definition) is 1. The van der Waals surface area contributed by atoms with Crippen LogP contribution in [0.15, 0.2) is 30.5 Å². The Balaban J connectivity index is 1.52. The molecule has 0 bridgehead atoms. The van der Waals surface area contributed by atoms with Gasteiger partial charge in [-0.3, -0.25) is 4.90 Å². The van der Waals surface area contributed by atoms with Crippen LogP contribution >= 0.6 is 11.3 Å². The second kappa shape index (κ2) is 5.66. The molecule has 1 N–H and O–H groups in total. The number of rotatable bonds is 3. The van der Waals surface area contributed by atoms with E-state index < -0.39 is 0 Å². The van der Waals surface area contributed by atoms with Gasteiger partial charge in [0.15, 0.2) is 5.82 Å². The molecule has 4 heterocycles. The van der Waals surface area contributed by atoms with Crippen molar-refractivity contribution in [3.05, 3.63) is 36.3 Å². The number of nitrogens with zero attached hydrogens (tertiary/aromatic N) is 5. The third-order valence-corrected chi connectivity index (χ3v) is 5.28. The van der Waals surface area contributed by atoms with E-state index in [9.17, 15) is 0 Å². The van der Waals surface area contributed by atoms with E-state index in [1.54, 1.807) is 11.3 Å². The van der Waals surface area contributed by atoms with Gasteiger partial charge in [-0.15, -0.1) is 10.2 Å². The Morgan fingerprint density at radius 1 is 1.17 bits per heavy atom. The van der Waals surface area contributed by atoms with E-state index in [0.717, 1.165) is 59.7 Å². The standard InChI is InChI=1S/C16H16N6OS/c1-2-4-13-11(3-1)12(9-17-13)15-20-22-14(18-19-16(22)24-15)10-21-5-7-23-8-6-21/h1-4,9,17H,5-8,10H2. The highest BCUT2D eigenvalue weighted by Crippen LogP contribution is 2.31. The highest BCUT2D eigenvalue weighted by atomic mass is 32.1. The molecule has 8 heteroatoms. The van der Waals surface area contributed by atoms with Gasteiger partial charge in [0.2, 0.25) is 4.96 Å². The molecule has 5 rings (SSSR count). The van der Waals surface area contributed by atoms with Crippen molar-refractivity contribution in [2.45, 2.75) is 6.54 Å². The smallest absolute Gasteiger partial charge is 0.235 e. The summed E-state index contributed by atoms with van der Waals surface area (Å²) in [6.45, 7) is 4.16. The van der Waals surface area contributed by atoms with Crippen LogP contribution in [0.5, 0.6) is 0 Å². The summed E-state index contributed by atoms with van der Waals surface area (Å²) in [4.78, 5) is 6.46. The number of para-hydroxylation sites is 1. The van der Waals surface area contributed by atoms with Gasteiger partial charge in [0.1, 0.15) is 5.01 Å². The minimum Gasteiger partial charge on any atom is -0.379 e. The lowest BCUT2D eigenvalue weighted by Gasteiger charge is -2.25. The van der Waals surface area contributed by atoms with Crippen molar-refractivity contribution in [3.63, 3.8) is 0 Å². The van der Waals surface area contributed by atoms with Crippen molar-refractivity contribution < 1.29 is 4.74 Å². The lowest BCUT2D eigenvalue weighted by atomic mass is 10.2. The zero-order chi connectivity index (χ0) is 15.9. The molecule has 1 saturated heterocycles. The Morgan fingerprint density at radius 3 is 2.96 bits per heavy atom. The topological polar surface area (TPSA) is 71.3 Å². The molecule has 0 unspecified atom stereocenters. The minimum atomic E-state index is 0.752. The van der Waals surface area contributed by atoms with Crippen molar-refractivity contribution in [1.29, 1.82) is 0 Å². The zero-order valence-electron chi connectivity index (χ0n) is 13.0. The fourth-order valence-corrected chi connectivity index (χ4v) is 3.96. The number of morpholine rings is 1. The first kappa shape index (κ1) is 14.1. The van der Waals surface area contributed by atoms with Gasteiger partial charge in [0.05, 0.1) is 19.8 Å². The Kier molecular flexibility index (Phi) is 3.32. The number of aromatic nitrogens is 5. The van der Waals surface area contributed by atoms with Gasteiger partial charge in [0.25, 0.3) is 0 Å². The van der Waals surface area contributed by atoms with Crippen LogP contribution < -0.4 is 0 Å². The molecular weight excluding hydrogens is 324 g/mol. The van der Waals surface area contributed by atoms with E-state index in [1.165, 1.54) is 5.39 Å². The predicted molar refractivity (Wildman–Crippen MR) is 92.0 cm³/mol. The van der Waals surface area contributed by atoms with Gasteiger partial charge in [-0.1, -0.05) is 29.5 Å². The fourth-order valence-electron chi connectivity index (χ4n) is 3.07. The first-order valence-corrected chi connectivity index (χ1v) is 8.78. The maximum absolute atomic E-state index is 5.40. The molecule has 0 amide bonds. The van der Waals surface area contributed by atoms with E-state index in [1.807, 2.05) is 22.8 Å². The molecule has 0 aliphatic carbocycles. The molecular formula is C16H16N6OS. The molecule has 0 radical (unpaired) electrons. The van der Waals surface area contributed by atoms with Crippen LogP contribution in [-0.2, 0) is 11.3 Å². The van der Waals surface area contributed by atoms with Gasteiger partial charge in [-0.05, 0) is 6.07 Å². The molecule has 0 spiro atoms. The van der Waals surface area contributed by atoms with E-state index >= 15 is 0 Å². The first-order valence-electron chi connectivity index (χ1n) is 7.96. The van der Waals surface area contributed by atoms with Gasteiger partial charge >= 0.3 is 0 Å². The molecule has 4 aromatic rings. The summed E-state index contributed by atoms with van der Waals surface area (Å²) < 4.78 is 7.27. The lowest BCUT2D eigenvalue weighted by Crippen LogP contribution is -2.36. The minimum absolute atomic E-state index is 0.752. The number of H-pyrrole nitrogens is 1. The summed E-state index contributed by atoms with van der Waals surface area (Å²) in [7, 11) is 0. The van der Waals surface area contributed by atoms with Gasteiger partial charge in [0, 0.05) is 35.8 Å². The monoisotopic (exact) mass is 340 g/mol. The summed E-state index contributed by atoms with van der Waals surface area (Å²) in [5, 5.41) is 15.5. The van der Waals surface area contributed by atoms with E-state index in [4.69, 9.17) is 9.84 Å². The van der Waals surface area contributed by atoms with Gasteiger partial charge in [-0.2, -0.15) is 9.61 Å². The molecule has 1 aliphatic rings. The molecule has 122 valence electrons. The van der Waals surface area contributed by atoms with E-state index in [0.29, 0.717) is 0 Å². The maximum atomic E-state index is 5.40. The number of aromatic amines is 1. The number of nitrogens with one attached hydrogen (secondary N) is 1. The predicted octanol–water partition coefficient (Wildman–Crippen LogP) is 2.17. The van der Waals surface area contributed by atoms with Crippen molar-refractivity contribution in [3.8, 4) is 10.6 Å². The maximum Gasteiger partial charge on any atom is 0.235 e. The summed E-state index contributed by atoms with van der Waals surface area (Å²) in [5.41, 5.74) is 2.23. The average Bonchev–Trinajstić information content (AvgIpc) is 3.30. The highest BCUT2D eigenvalue weighted by Gasteiger charge is 2.18. The second-order valence-electron chi connectivity index (χ2n) is 5.85. The third-order valence-electron chi connectivity index (χ3n) is 4.34. The number of ether oxygens (including phenoxy) is 1.